The monoisotopic (exact) mass is 297 g/mol. The zero-order chi connectivity index (χ0) is 15.7. The molecule has 0 N–H and O–H groups in total. The smallest absolute Gasteiger partial charge is 0.313 e. The van der Waals surface area contributed by atoms with Gasteiger partial charge in [0.15, 0.2) is 7.28 Å². The van der Waals surface area contributed by atoms with Crippen molar-refractivity contribution in [2.24, 2.45) is 0 Å². The van der Waals surface area contributed by atoms with E-state index < -0.39 is 0 Å². The van der Waals surface area contributed by atoms with Crippen LogP contribution in [0.25, 0.3) is 0 Å². The Hall–Kier alpha value is -1.25. The summed E-state index contributed by atoms with van der Waals surface area (Å²) in [5.41, 5.74) is 3.95. The second-order valence-electron chi connectivity index (χ2n) is 7.56. The van der Waals surface area contributed by atoms with Crippen molar-refractivity contribution in [3.63, 3.8) is 0 Å². The normalized spacial score (nSPS) is 21.8. The largest absolute Gasteiger partial charge is 0.462 e. The molecule has 2 nitrogen and oxygen atoms in total. The highest BCUT2D eigenvalue weighted by molar-refractivity contribution is 6.56. The van der Waals surface area contributed by atoms with Gasteiger partial charge in [-0.1, -0.05) is 50.3 Å². The Labute approximate surface area is 134 Å². The number of benzene rings is 1. The fraction of sp³-hybridized carbons (Fsp3) is 0.632. The summed E-state index contributed by atoms with van der Waals surface area (Å²) < 4.78 is 5.73. The molecular weight excluding hydrogens is 271 g/mol. The van der Waals surface area contributed by atoms with Crippen LogP contribution in [0.4, 0.5) is 0 Å². The Balaban J connectivity index is 1.72. The van der Waals surface area contributed by atoms with Crippen LogP contribution in [-0.4, -0.2) is 19.4 Å². The van der Waals surface area contributed by atoms with Crippen LogP contribution in [0.15, 0.2) is 18.2 Å². The molecular formula is C19H26BO2. The van der Waals surface area contributed by atoms with Crippen LogP contribution >= 0.6 is 0 Å². The molecule has 0 aromatic heterocycles. The Bertz CT molecular complexity index is 559. The van der Waals surface area contributed by atoms with Gasteiger partial charge in [-0.25, -0.2) is 0 Å². The van der Waals surface area contributed by atoms with Crippen molar-refractivity contribution >= 4 is 18.7 Å². The number of rotatable bonds is 3. The van der Waals surface area contributed by atoms with Crippen LogP contribution in [0.5, 0.6) is 0 Å². The van der Waals surface area contributed by atoms with Crippen molar-refractivity contribution < 1.29 is 9.53 Å². The minimum absolute atomic E-state index is 0.0633. The molecule has 0 amide bonds. The van der Waals surface area contributed by atoms with E-state index in [-0.39, 0.29) is 23.4 Å². The molecule has 2 aliphatic rings. The fourth-order valence-corrected chi connectivity index (χ4v) is 3.67. The number of esters is 1. The highest BCUT2D eigenvalue weighted by Gasteiger charge is 2.31. The van der Waals surface area contributed by atoms with Crippen molar-refractivity contribution in [1.29, 1.82) is 0 Å². The van der Waals surface area contributed by atoms with Crippen LogP contribution in [0.3, 0.4) is 0 Å². The molecule has 1 heterocycles. The first-order chi connectivity index (χ1) is 10.5. The number of carbonyl (C=O) groups is 1. The molecule has 1 unspecified atom stereocenters. The van der Waals surface area contributed by atoms with Gasteiger partial charge >= 0.3 is 5.97 Å². The SMILES string of the molecule is CC(C(=O)OC1CCCCC1)c1ccc2c(c1)C(C)(C)C[B]2. The summed E-state index contributed by atoms with van der Waals surface area (Å²) in [7, 11) is 2.30. The lowest BCUT2D eigenvalue weighted by Crippen LogP contribution is -2.24. The Kier molecular flexibility index (Phi) is 4.34. The highest BCUT2D eigenvalue weighted by Crippen LogP contribution is 2.33. The second-order valence-corrected chi connectivity index (χ2v) is 7.56. The van der Waals surface area contributed by atoms with Crippen molar-refractivity contribution in [2.75, 3.05) is 0 Å². The maximum absolute atomic E-state index is 12.4. The average Bonchev–Trinajstić information content (AvgIpc) is 2.82. The van der Waals surface area contributed by atoms with E-state index in [2.05, 4.69) is 39.3 Å². The summed E-state index contributed by atoms with van der Waals surface area (Å²) in [4.78, 5) is 12.4. The van der Waals surface area contributed by atoms with E-state index in [0.717, 1.165) is 24.7 Å². The molecule has 1 fully saturated rings. The molecule has 22 heavy (non-hydrogen) atoms. The predicted molar refractivity (Wildman–Crippen MR) is 91.0 cm³/mol. The van der Waals surface area contributed by atoms with Gasteiger partial charge in [-0.3, -0.25) is 4.79 Å². The zero-order valence-electron chi connectivity index (χ0n) is 14.0. The maximum atomic E-state index is 12.4. The van der Waals surface area contributed by atoms with E-state index in [4.69, 9.17) is 4.74 Å². The lowest BCUT2D eigenvalue weighted by Gasteiger charge is -2.25. The minimum Gasteiger partial charge on any atom is -0.462 e. The first kappa shape index (κ1) is 15.6. The number of fused-ring (bicyclic) bond motifs is 1. The molecule has 3 rings (SSSR count). The Morgan fingerprint density at radius 2 is 2.00 bits per heavy atom. The predicted octanol–water partition coefficient (Wildman–Crippen LogP) is 3.71. The molecule has 0 saturated heterocycles. The molecule has 1 aliphatic heterocycles. The number of hydrogen-bond acceptors (Lipinski definition) is 2. The molecule has 1 aromatic carbocycles. The van der Waals surface area contributed by atoms with E-state index in [1.165, 1.54) is 30.3 Å². The van der Waals surface area contributed by atoms with Gasteiger partial charge in [0.05, 0.1) is 5.92 Å². The van der Waals surface area contributed by atoms with Gasteiger partial charge in [0.2, 0.25) is 0 Å². The molecule has 1 aliphatic carbocycles. The van der Waals surface area contributed by atoms with E-state index in [1.807, 2.05) is 6.92 Å². The molecule has 1 aromatic rings. The van der Waals surface area contributed by atoms with E-state index in [1.54, 1.807) is 0 Å². The van der Waals surface area contributed by atoms with Crippen LogP contribution in [-0.2, 0) is 14.9 Å². The summed E-state index contributed by atoms with van der Waals surface area (Å²) in [6.45, 7) is 6.51. The van der Waals surface area contributed by atoms with Gasteiger partial charge in [-0.15, -0.1) is 0 Å². The third kappa shape index (κ3) is 3.09. The van der Waals surface area contributed by atoms with E-state index >= 15 is 0 Å². The highest BCUT2D eigenvalue weighted by atomic mass is 16.5. The quantitative estimate of drug-likeness (QED) is 0.628. The van der Waals surface area contributed by atoms with Gasteiger partial charge in [0, 0.05) is 0 Å². The van der Waals surface area contributed by atoms with Crippen LogP contribution in [0.2, 0.25) is 6.32 Å². The fourth-order valence-electron chi connectivity index (χ4n) is 3.67. The third-order valence-corrected chi connectivity index (χ3v) is 5.33. The summed E-state index contributed by atoms with van der Waals surface area (Å²) in [6, 6.07) is 6.46. The lowest BCUT2D eigenvalue weighted by molar-refractivity contribution is -0.151. The summed E-state index contributed by atoms with van der Waals surface area (Å²) in [5.74, 6) is -0.241. The second kappa shape index (κ2) is 6.10. The van der Waals surface area contributed by atoms with Gasteiger partial charge in [-0.2, -0.15) is 0 Å². The number of carbonyl (C=O) groups excluding carboxylic acids is 1. The van der Waals surface area contributed by atoms with Crippen molar-refractivity contribution in [3.8, 4) is 0 Å². The molecule has 1 radical (unpaired) electrons. The number of hydrogen-bond donors (Lipinski definition) is 0. The zero-order valence-corrected chi connectivity index (χ0v) is 14.0. The van der Waals surface area contributed by atoms with Gasteiger partial charge < -0.3 is 4.74 Å². The molecule has 1 atom stereocenters. The topological polar surface area (TPSA) is 26.3 Å². The van der Waals surface area contributed by atoms with Gasteiger partial charge in [-0.05, 0) is 49.1 Å². The van der Waals surface area contributed by atoms with E-state index in [9.17, 15) is 4.79 Å². The summed E-state index contributed by atoms with van der Waals surface area (Å²) in [6.07, 6.45) is 6.94. The van der Waals surface area contributed by atoms with Crippen molar-refractivity contribution in [3.05, 3.63) is 29.3 Å². The van der Waals surface area contributed by atoms with Gasteiger partial charge in [0.1, 0.15) is 6.10 Å². The van der Waals surface area contributed by atoms with Crippen molar-refractivity contribution in [1.82, 2.24) is 0 Å². The molecule has 117 valence electrons. The Morgan fingerprint density at radius 1 is 1.27 bits per heavy atom. The summed E-state index contributed by atoms with van der Waals surface area (Å²) in [5, 5.41) is 0. The first-order valence-electron chi connectivity index (χ1n) is 8.65. The molecule has 0 bridgehead atoms. The third-order valence-electron chi connectivity index (χ3n) is 5.33. The average molecular weight is 297 g/mol. The standard InChI is InChI=1S/C19H26BO2/c1-13(18(21)22-15-7-5-4-6-8-15)14-9-10-17-16(11-14)19(2,3)12-20-17/h9-11,13,15H,4-8,12H2,1-3H3. The van der Waals surface area contributed by atoms with Crippen LogP contribution in [0.1, 0.15) is 69.9 Å². The molecule has 1 saturated carbocycles. The van der Waals surface area contributed by atoms with E-state index in [0.29, 0.717) is 0 Å². The maximum Gasteiger partial charge on any atom is 0.313 e. The van der Waals surface area contributed by atoms with Gasteiger partial charge in [0.25, 0.3) is 0 Å². The first-order valence-corrected chi connectivity index (χ1v) is 8.65. The number of ether oxygens (including phenoxy) is 1. The summed E-state index contributed by atoms with van der Waals surface area (Å²) >= 11 is 0. The van der Waals surface area contributed by atoms with Crippen molar-refractivity contribution in [2.45, 2.75) is 76.6 Å². The Morgan fingerprint density at radius 3 is 2.73 bits per heavy atom. The van der Waals surface area contributed by atoms with Crippen LogP contribution < -0.4 is 5.46 Å². The lowest BCUT2D eigenvalue weighted by atomic mass is 9.69. The van der Waals surface area contributed by atoms with Crippen LogP contribution in [0, 0.1) is 0 Å². The molecule has 3 heteroatoms. The molecule has 0 spiro atoms. The minimum atomic E-state index is -0.177.